The molecule has 0 amide bonds. The highest BCUT2D eigenvalue weighted by molar-refractivity contribution is 7.26. The lowest BCUT2D eigenvalue weighted by atomic mass is 9.81. The van der Waals surface area contributed by atoms with Gasteiger partial charge in [0.15, 0.2) is 0 Å². The first-order chi connectivity index (χ1) is 25.5. The Morgan fingerprint density at radius 1 is 0.365 bits per heavy atom. The average molecular weight is 679 g/mol. The third-order valence-electron chi connectivity index (χ3n) is 11.6. The van der Waals surface area contributed by atoms with Crippen molar-refractivity contribution < 1.29 is 0 Å². The normalized spacial score (nSPS) is 13.3. The maximum atomic E-state index is 2.51. The Morgan fingerprint density at radius 2 is 0.942 bits per heavy atom. The zero-order valence-electron chi connectivity index (χ0n) is 29.1. The van der Waals surface area contributed by atoms with E-state index in [0.717, 1.165) is 0 Å². The van der Waals surface area contributed by atoms with Gasteiger partial charge in [-0.3, -0.25) is 0 Å². The number of hydrogen-bond donors (Lipinski definition) is 0. The summed E-state index contributed by atoms with van der Waals surface area (Å²) in [7, 11) is 0. The van der Waals surface area contributed by atoms with Crippen LogP contribution in [0.3, 0.4) is 0 Å². The van der Waals surface area contributed by atoms with Gasteiger partial charge in [0.1, 0.15) is 0 Å². The van der Waals surface area contributed by atoms with Crippen LogP contribution in [-0.2, 0) is 5.41 Å². The second kappa shape index (κ2) is 11.0. The van der Waals surface area contributed by atoms with Gasteiger partial charge in [0, 0.05) is 25.6 Å². The molecular formula is C51H34S. The SMILES string of the molecule is CC1(C)c2ccc(-c3cccc(-c4c5ccccc5c(-c5ccccc5)c5ccccc45)c3)cc2-c2cc3sc4ccc5ccccc5c4c3cc21. The van der Waals surface area contributed by atoms with Crippen LogP contribution >= 0.6 is 11.3 Å². The van der Waals surface area contributed by atoms with Gasteiger partial charge in [-0.15, -0.1) is 11.3 Å². The van der Waals surface area contributed by atoms with E-state index in [0.29, 0.717) is 0 Å². The highest BCUT2D eigenvalue weighted by Crippen LogP contribution is 2.53. The van der Waals surface area contributed by atoms with Crippen LogP contribution in [0.2, 0.25) is 0 Å². The highest BCUT2D eigenvalue weighted by Gasteiger charge is 2.36. The zero-order valence-corrected chi connectivity index (χ0v) is 29.9. The van der Waals surface area contributed by atoms with E-state index in [1.807, 2.05) is 11.3 Å². The quantitative estimate of drug-likeness (QED) is 0.163. The second-order valence-electron chi connectivity index (χ2n) is 14.8. The molecule has 1 aliphatic rings. The largest absolute Gasteiger partial charge is 0.135 e. The summed E-state index contributed by atoms with van der Waals surface area (Å²) in [6.45, 7) is 4.79. The van der Waals surface area contributed by atoms with Crippen molar-refractivity contribution in [2.45, 2.75) is 19.3 Å². The minimum Gasteiger partial charge on any atom is -0.135 e. The van der Waals surface area contributed by atoms with E-state index in [9.17, 15) is 0 Å². The van der Waals surface area contributed by atoms with E-state index in [1.165, 1.54) is 108 Å². The van der Waals surface area contributed by atoms with Crippen molar-refractivity contribution in [1.29, 1.82) is 0 Å². The number of benzene rings is 9. The van der Waals surface area contributed by atoms with Crippen molar-refractivity contribution in [3.8, 4) is 44.5 Å². The van der Waals surface area contributed by atoms with Gasteiger partial charge in [0.25, 0.3) is 0 Å². The van der Waals surface area contributed by atoms with E-state index in [4.69, 9.17) is 0 Å². The minimum atomic E-state index is -0.0869. The van der Waals surface area contributed by atoms with Crippen molar-refractivity contribution in [3.05, 3.63) is 181 Å². The molecule has 0 saturated carbocycles. The van der Waals surface area contributed by atoms with Crippen LogP contribution in [0.15, 0.2) is 170 Å². The summed E-state index contributed by atoms with van der Waals surface area (Å²) >= 11 is 1.92. The average Bonchev–Trinajstić information content (AvgIpc) is 3.67. The van der Waals surface area contributed by atoms with Crippen LogP contribution in [0.25, 0.3) is 97.0 Å². The standard InChI is InChI=1S/C51H34S/c1-51(2)44-25-23-34(28-41(44)42-30-47-43(29-45(42)51)50-36-18-7-6-13-31(36)24-26-46(50)52-47)33-16-12-17-35(27-33)49-39-21-10-8-19-37(39)48(32-14-4-3-5-15-32)38-20-9-11-22-40(38)49/h3-30H,1-2H3. The molecule has 0 saturated heterocycles. The fourth-order valence-electron chi connectivity index (χ4n) is 9.18. The summed E-state index contributed by atoms with van der Waals surface area (Å²) in [6, 6.07) is 63.4. The van der Waals surface area contributed by atoms with Crippen molar-refractivity contribution >= 4 is 63.8 Å². The Labute approximate surface area is 307 Å². The van der Waals surface area contributed by atoms with Gasteiger partial charge in [-0.05, 0) is 118 Å². The van der Waals surface area contributed by atoms with Crippen molar-refractivity contribution in [2.24, 2.45) is 0 Å². The van der Waals surface area contributed by atoms with Gasteiger partial charge >= 0.3 is 0 Å². The van der Waals surface area contributed by atoms with E-state index >= 15 is 0 Å². The molecule has 244 valence electrons. The molecule has 1 heterocycles. The smallest absolute Gasteiger partial charge is 0.0362 e. The number of thiophene rings is 1. The molecule has 0 aliphatic heterocycles. The van der Waals surface area contributed by atoms with Gasteiger partial charge < -0.3 is 0 Å². The summed E-state index contributed by atoms with van der Waals surface area (Å²) in [5.41, 5.74) is 13.0. The maximum absolute atomic E-state index is 2.51. The van der Waals surface area contributed by atoms with Crippen molar-refractivity contribution in [3.63, 3.8) is 0 Å². The molecule has 0 atom stereocenters. The molecule has 1 aromatic heterocycles. The third-order valence-corrected chi connectivity index (χ3v) is 12.8. The third kappa shape index (κ3) is 4.21. The number of fused-ring (bicyclic) bond motifs is 10. The summed E-state index contributed by atoms with van der Waals surface area (Å²) in [6.07, 6.45) is 0. The lowest BCUT2D eigenvalue weighted by molar-refractivity contribution is 0.661. The Morgan fingerprint density at radius 3 is 1.67 bits per heavy atom. The molecule has 1 aliphatic carbocycles. The molecule has 10 aromatic rings. The van der Waals surface area contributed by atoms with Gasteiger partial charge in [-0.25, -0.2) is 0 Å². The Hall–Kier alpha value is -6.02. The molecule has 9 aromatic carbocycles. The fraction of sp³-hybridized carbons (Fsp3) is 0.0588. The molecule has 0 radical (unpaired) electrons. The first kappa shape index (κ1) is 29.7. The predicted octanol–water partition coefficient (Wildman–Crippen LogP) is 14.8. The van der Waals surface area contributed by atoms with E-state index in [-0.39, 0.29) is 5.41 Å². The predicted molar refractivity (Wildman–Crippen MR) is 226 cm³/mol. The van der Waals surface area contributed by atoms with Gasteiger partial charge in [-0.2, -0.15) is 0 Å². The fourth-order valence-corrected chi connectivity index (χ4v) is 10.3. The molecule has 0 spiro atoms. The first-order valence-corrected chi connectivity index (χ1v) is 19.0. The molecule has 0 N–H and O–H groups in total. The summed E-state index contributed by atoms with van der Waals surface area (Å²) in [5, 5.41) is 10.5. The molecule has 0 nitrogen and oxygen atoms in total. The van der Waals surface area contributed by atoms with Gasteiger partial charge in [-0.1, -0.05) is 153 Å². The summed E-state index contributed by atoms with van der Waals surface area (Å²) in [5.74, 6) is 0. The van der Waals surface area contributed by atoms with E-state index in [1.54, 1.807) is 0 Å². The molecule has 0 unspecified atom stereocenters. The van der Waals surface area contributed by atoms with Crippen LogP contribution in [0.1, 0.15) is 25.0 Å². The topological polar surface area (TPSA) is 0 Å². The summed E-state index contributed by atoms with van der Waals surface area (Å²) < 4.78 is 2.72. The van der Waals surface area contributed by atoms with Crippen LogP contribution in [0.4, 0.5) is 0 Å². The molecular weight excluding hydrogens is 645 g/mol. The number of hydrogen-bond acceptors (Lipinski definition) is 1. The Bertz CT molecular complexity index is 3030. The van der Waals surface area contributed by atoms with Crippen molar-refractivity contribution in [1.82, 2.24) is 0 Å². The van der Waals surface area contributed by atoms with E-state index in [2.05, 4.69) is 184 Å². The highest BCUT2D eigenvalue weighted by atomic mass is 32.1. The van der Waals surface area contributed by atoms with Crippen LogP contribution in [-0.4, -0.2) is 0 Å². The van der Waals surface area contributed by atoms with Crippen LogP contribution in [0.5, 0.6) is 0 Å². The van der Waals surface area contributed by atoms with Crippen molar-refractivity contribution in [2.75, 3.05) is 0 Å². The number of rotatable bonds is 3. The van der Waals surface area contributed by atoms with Gasteiger partial charge in [0.2, 0.25) is 0 Å². The molecule has 52 heavy (non-hydrogen) atoms. The van der Waals surface area contributed by atoms with Gasteiger partial charge in [0.05, 0.1) is 0 Å². The first-order valence-electron chi connectivity index (χ1n) is 18.2. The Kier molecular flexibility index (Phi) is 6.27. The lowest BCUT2D eigenvalue weighted by Gasteiger charge is -2.22. The van der Waals surface area contributed by atoms with Crippen LogP contribution < -0.4 is 0 Å². The lowest BCUT2D eigenvalue weighted by Crippen LogP contribution is -2.14. The molecule has 0 fully saturated rings. The van der Waals surface area contributed by atoms with E-state index < -0.39 is 0 Å². The minimum absolute atomic E-state index is 0.0869. The second-order valence-corrected chi connectivity index (χ2v) is 15.9. The monoisotopic (exact) mass is 678 g/mol. The Balaban J connectivity index is 1.09. The zero-order chi connectivity index (χ0) is 34.6. The maximum Gasteiger partial charge on any atom is 0.0362 e. The summed E-state index contributed by atoms with van der Waals surface area (Å²) in [4.78, 5) is 0. The molecule has 1 heteroatoms. The molecule has 0 bridgehead atoms. The molecule has 11 rings (SSSR count). The van der Waals surface area contributed by atoms with Crippen LogP contribution in [0, 0.1) is 0 Å².